The van der Waals surface area contributed by atoms with Crippen LogP contribution in [0.5, 0.6) is 0 Å². The lowest BCUT2D eigenvalue weighted by Gasteiger charge is -2.30. The number of aromatic nitrogens is 4. The van der Waals surface area contributed by atoms with Crippen molar-refractivity contribution in [2.24, 2.45) is 0 Å². The van der Waals surface area contributed by atoms with Crippen LogP contribution < -0.4 is 5.32 Å². The van der Waals surface area contributed by atoms with Crippen molar-refractivity contribution in [1.29, 1.82) is 0 Å². The normalized spacial score (nSPS) is 22.3. The summed E-state index contributed by atoms with van der Waals surface area (Å²) in [7, 11) is 0. The van der Waals surface area contributed by atoms with E-state index in [2.05, 4.69) is 31.5 Å². The first-order valence-electron chi connectivity index (χ1n) is 8.87. The number of hydrogen-bond acceptors (Lipinski definition) is 7. The van der Waals surface area contributed by atoms with E-state index < -0.39 is 0 Å². The van der Waals surface area contributed by atoms with Gasteiger partial charge in [-0.1, -0.05) is 24.2 Å². The van der Waals surface area contributed by atoms with Gasteiger partial charge in [0.2, 0.25) is 5.13 Å². The maximum absolute atomic E-state index is 4.76. The fourth-order valence-electron chi connectivity index (χ4n) is 4.06. The first-order valence-corrected chi connectivity index (χ1v) is 9.69. The van der Waals surface area contributed by atoms with E-state index in [1.807, 2.05) is 13.8 Å². The molecule has 4 rings (SSSR count). The van der Waals surface area contributed by atoms with Crippen molar-refractivity contribution in [2.45, 2.75) is 64.5 Å². The van der Waals surface area contributed by atoms with Gasteiger partial charge >= 0.3 is 0 Å². The molecule has 128 valence electrons. The lowest BCUT2D eigenvalue weighted by Crippen LogP contribution is -2.33. The summed E-state index contributed by atoms with van der Waals surface area (Å²) < 4.78 is 0. The molecule has 6 nitrogen and oxygen atoms in total. The van der Waals surface area contributed by atoms with Crippen LogP contribution in [0.3, 0.4) is 0 Å². The van der Waals surface area contributed by atoms with Crippen LogP contribution in [0.2, 0.25) is 0 Å². The number of nitrogens with zero attached hydrogens (tertiary/aromatic N) is 5. The highest BCUT2D eigenvalue weighted by atomic mass is 32.1. The van der Waals surface area contributed by atoms with Crippen molar-refractivity contribution in [3.05, 3.63) is 22.6 Å². The maximum atomic E-state index is 4.76. The molecule has 0 aromatic carbocycles. The van der Waals surface area contributed by atoms with Crippen molar-refractivity contribution in [3.8, 4) is 0 Å². The summed E-state index contributed by atoms with van der Waals surface area (Å²) in [6.45, 7) is 5.13. The predicted octanol–water partition coefficient (Wildman–Crippen LogP) is 3.77. The molecular formula is C17H24N6S. The van der Waals surface area contributed by atoms with Gasteiger partial charge in [0.15, 0.2) is 0 Å². The summed E-state index contributed by atoms with van der Waals surface area (Å²) in [5, 5.41) is 13.2. The second kappa shape index (κ2) is 6.72. The van der Waals surface area contributed by atoms with E-state index in [-0.39, 0.29) is 0 Å². The van der Waals surface area contributed by atoms with Crippen LogP contribution in [-0.4, -0.2) is 37.7 Å². The number of rotatable bonds is 4. The third-order valence-electron chi connectivity index (χ3n) is 5.05. The van der Waals surface area contributed by atoms with Crippen LogP contribution in [0.15, 0.2) is 6.07 Å². The van der Waals surface area contributed by atoms with E-state index in [0.717, 1.165) is 33.5 Å². The minimum atomic E-state index is 0.437. The van der Waals surface area contributed by atoms with Crippen molar-refractivity contribution < 1.29 is 0 Å². The molecule has 2 aromatic rings. The van der Waals surface area contributed by atoms with Crippen LogP contribution in [0.4, 0.5) is 10.9 Å². The Morgan fingerprint density at radius 2 is 1.92 bits per heavy atom. The zero-order valence-electron chi connectivity index (χ0n) is 14.3. The quantitative estimate of drug-likeness (QED) is 0.911. The Hall–Kier alpha value is -1.60. The highest BCUT2D eigenvalue weighted by Gasteiger charge is 2.34. The van der Waals surface area contributed by atoms with E-state index >= 15 is 0 Å². The Morgan fingerprint density at radius 3 is 2.67 bits per heavy atom. The molecule has 2 aliphatic rings. The van der Waals surface area contributed by atoms with Gasteiger partial charge in [0.05, 0.1) is 11.7 Å². The third kappa shape index (κ3) is 3.28. The molecule has 0 bridgehead atoms. The first kappa shape index (κ1) is 15.9. The van der Waals surface area contributed by atoms with Crippen LogP contribution in [-0.2, 0) is 0 Å². The summed E-state index contributed by atoms with van der Waals surface area (Å²) in [6, 6.07) is 3.28. The van der Waals surface area contributed by atoms with Gasteiger partial charge in [-0.3, -0.25) is 4.90 Å². The molecule has 0 radical (unpaired) electrons. The average Bonchev–Trinajstić information content (AvgIpc) is 3.27. The average molecular weight is 344 g/mol. The molecule has 2 fully saturated rings. The van der Waals surface area contributed by atoms with Gasteiger partial charge in [0, 0.05) is 12.1 Å². The second-order valence-corrected chi connectivity index (χ2v) is 7.99. The molecule has 1 unspecified atom stereocenters. The van der Waals surface area contributed by atoms with E-state index in [1.54, 1.807) is 11.3 Å². The Morgan fingerprint density at radius 1 is 1.08 bits per heavy atom. The van der Waals surface area contributed by atoms with E-state index in [9.17, 15) is 0 Å². The molecule has 0 spiro atoms. The van der Waals surface area contributed by atoms with Crippen LogP contribution in [0.25, 0.3) is 0 Å². The lowest BCUT2D eigenvalue weighted by atomic mass is 10.1. The Balaban J connectivity index is 1.58. The van der Waals surface area contributed by atoms with Crippen molar-refractivity contribution in [3.63, 3.8) is 0 Å². The van der Waals surface area contributed by atoms with Crippen LogP contribution in [0.1, 0.15) is 61.1 Å². The molecule has 1 N–H and O–H groups in total. The summed E-state index contributed by atoms with van der Waals surface area (Å²) >= 11 is 1.54. The van der Waals surface area contributed by atoms with Gasteiger partial charge in [0.1, 0.15) is 16.6 Å². The predicted molar refractivity (Wildman–Crippen MR) is 95.6 cm³/mol. The van der Waals surface area contributed by atoms with Gasteiger partial charge in [-0.2, -0.15) is 0 Å². The highest BCUT2D eigenvalue weighted by Crippen LogP contribution is 2.38. The monoisotopic (exact) mass is 344 g/mol. The molecule has 7 heteroatoms. The maximum Gasteiger partial charge on any atom is 0.211 e. The zero-order valence-corrected chi connectivity index (χ0v) is 15.1. The molecule has 2 aromatic heterocycles. The lowest BCUT2D eigenvalue weighted by molar-refractivity contribution is 0.179. The van der Waals surface area contributed by atoms with Crippen molar-refractivity contribution >= 4 is 22.3 Å². The number of likely N-dealkylation sites (tertiary alicyclic amines) is 1. The smallest absolute Gasteiger partial charge is 0.211 e. The number of aryl methyl sites for hydroxylation is 2. The Kier molecular flexibility index (Phi) is 4.45. The van der Waals surface area contributed by atoms with Gasteiger partial charge in [-0.05, 0) is 46.1 Å². The fourth-order valence-corrected chi connectivity index (χ4v) is 4.66. The summed E-state index contributed by atoms with van der Waals surface area (Å²) in [5.74, 6) is 1.64. The minimum Gasteiger partial charge on any atom is -0.315 e. The number of nitrogens with one attached hydrogen (secondary N) is 1. The van der Waals surface area contributed by atoms with Gasteiger partial charge in [0.25, 0.3) is 0 Å². The van der Waals surface area contributed by atoms with Gasteiger partial charge < -0.3 is 5.32 Å². The van der Waals surface area contributed by atoms with Gasteiger partial charge in [-0.25, -0.2) is 9.97 Å². The summed E-state index contributed by atoms with van der Waals surface area (Å²) in [4.78, 5) is 12.0. The standard InChI is InChI=1S/C17H24N6S/c1-11-18-14(10-16(19-11)20-17-22-21-12(2)24-17)15-8-5-9-23(15)13-6-3-4-7-13/h10,13,15H,3-9H2,1-2H3,(H,18,19,20,22). The van der Waals surface area contributed by atoms with Crippen LogP contribution >= 0.6 is 11.3 Å². The Bertz CT molecular complexity index is 709. The Labute approximate surface area is 146 Å². The fraction of sp³-hybridized carbons (Fsp3) is 0.647. The molecule has 1 atom stereocenters. The summed E-state index contributed by atoms with van der Waals surface area (Å²) in [5.41, 5.74) is 1.15. The molecule has 1 saturated carbocycles. The molecule has 1 aliphatic heterocycles. The van der Waals surface area contributed by atoms with E-state index in [0.29, 0.717) is 6.04 Å². The van der Waals surface area contributed by atoms with Crippen molar-refractivity contribution in [1.82, 2.24) is 25.1 Å². The number of anilines is 2. The van der Waals surface area contributed by atoms with E-state index in [4.69, 9.17) is 4.98 Å². The second-order valence-electron chi connectivity index (χ2n) is 6.81. The molecule has 0 amide bonds. The molecule has 3 heterocycles. The molecule has 24 heavy (non-hydrogen) atoms. The largest absolute Gasteiger partial charge is 0.315 e. The molecular weight excluding hydrogens is 320 g/mol. The minimum absolute atomic E-state index is 0.437. The third-order valence-corrected chi connectivity index (χ3v) is 5.80. The van der Waals surface area contributed by atoms with Crippen LogP contribution in [0, 0.1) is 13.8 Å². The number of hydrogen-bond donors (Lipinski definition) is 1. The molecule has 1 saturated heterocycles. The summed E-state index contributed by atoms with van der Waals surface area (Å²) in [6.07, 6.45) is 7.90. The van der Waals surface area contributed by atoms with Gasteiger partial charge in [-0.15, -0.1) is 10.2 Å². The first-order chi connectivity index (χ1) is 11.7. The topological polar surface area (TPSA) is 66.8 Å². The zero-order chi connectivity index (χ0) is 16.5. The molecule has 1 aliphatic carbocycles. The van der Waals surface area contributed by atoms with Crippen molar-refractivity contribution in [2.75, 3.05) is 11.9 Å². The SMILES string of the molecule is Cc1nc(Nc2nnc(C)s2)cc(C2CCCN2C2CCCC2)n1. The highest BCUT2D eigenvalue weighted by molar-refractivity contribution is 7.15. The van der Waals surface area contributed by atoms with E-state index in [1.165, 1.54) is 45.1 Å².